The summed E-state index contributed by atoms with van der Waals surface area (Å²) in [5.41, 5.74) is 2.87. The number of aromatic nitrogens is 2. The van der Waals surface area contributed by atoms with Gasteiger partial charge in [0.15, 0.2) is 0 Å². The maximum Gasteiger partial charge on any atom is 0.226 e. The Labute approximate surface area is 136 Å². The van der Waals surface area contributed by atoms with Gasteiger partial charge < -0.3 is 9.64 Å². The molecule has 1 aromatic rings. The minimum Gasteiger partial charge on any atom is -0.376 e. The molecule has 3 unspecified atom stereocenters. The van der Waals surface area contributed by atoms with Gasteiger partial charge in [-0.1, -0.05) is 6.42 Å². The fourth-order valence-electron chi connectivity index (χ4n) is 5.35. The number of rotatable bonds is 2. The SMILES string of the molecule is O=C(C1CCc2cn[nH]c2C1)N1CC2(CCC2)C1C1CCCO1. The predicted molar refractivity (Wildman–Crippen MR) is 84.9 cm³/mol. The molecule has 5 rings (SSSR count). The van der Waals surface area contributed by atoms with E-state index in [2.05, 4.69) is 15.1 Å². The quantitative estimate of drug-likeness (QED) is 0.909. The topological polar surface area (TPSA) is 58.2 Å². The van der Waals surface area contributed by atoms with Crippen LogP contribution in [0.3, 0.4) is 0 Å². The first-order valence-corrected chi connectivity index (χ1v) is 9.20. The van der Waals surface area contributed by atoms with E-state index in [1.807, 2.05) is 6.20 Å². The second kappa shape index (κ2) is 5.07. The molecule has 2 saturated heterocycles. The molecule has 3 heterocycles. The molecule has 124 valence electrons. The van der Waals surface area contributed by atoms with E-state index >= 15 is 0 Å². The lowest BCUT2D eigenvalue weighted by Crippen LogP contribution is -2.73. The van der Waals surface area contributed by atoms with E-state index in [-0.39, 0.29) is 5.92 Å². The Kier molecular flexibility index (Phi) is 3.09. The van der Waals surface area contributed by atoms with Gasteiger partial charge in [-0.25, -0.2) is 0 Å². The summed E-state index contributed by atoms with van der Waals surface area (Å²) in [6.45, 7) is 1.85. The summed E-state index contributed by atoms with van der Waals surface area (Å²) in [6, 6.07) is 0.356. The number of ether oxygens (including phenoxy) is 1. The molecule has 2 aliphatic carbocycles. The largest absolute Gasteiger partial charge is 0.376 e. The monoisotopic (exact) mass is 315 g/mol. The van der Waals surface area contributed by atoms with Gasteiger partial charge >= 0.3 is 0 Å². The Bertz CT molecular complexity index is 616. The van der Waals surface area contributed by atoms with Crippen LogP contribution in [-0.2, 0) is 22.4 Å². The van der Waals surface area contributed by atoms with Crippen molar-refractivity contribution in [1.82, 2.24) is 15.1 Å². The minimum atomic E-state index is 0.129. The second-order valence-electron chi connectivity index (χ2n) is 7.99. The number of hydrogen-bond acceptors (Lipinski definition) is 3. The lowest BCUT2D eigenvalue weighted by molar-refractivity contribution is -0.191. The molecule has 2 aliphatic heterocycles. The van der Waals surface area contributed by atoms with Gasteiger partial charge in [-0.2, -0.15) is 5.10 Å². The van der Waals surface area contributed by atoms with Gasteiger partial charge in [0.2, 0.25) is 5.91 Å². The smallest absolute Gasteiger partial charge is 0.226 e. The van der Waals surface area contributed by atoms with Gasteiger partial charge in [0.05, 0.1) is 18.3 Å². The van der Waals surface area contributed by atoms with E-state index in [0.29, 0.717) is 23.5 Å². The van der Waals surface area contributed by atoms with Crippen molar-refractivity contribution < 1.29 is 9.53 Å². The number of likely N-dealkylation sites (tertiary alicyclic amines) is 1. The Morgan fingerprint density at radius 2 is 2.26 bits per heavy atom. The van der Waals surface area contributed by atoms with Crippen LogP contribution in [0.25, 0.3) is 0 Å². The Hall–Kier alpha value is -1.36. The van der Waals surface area contributed by atoms with Gasteiger partial charge in [0, 0.05) is 36.6 Å². The fourth-order valence-corrected chi connectivity index (χ4v) is 5.35. The third kappa shape index (κ3) is 2.02. The number of H-pyrrole nitrogens is 1. The second-order valence-corrected chi connectivity index (χ2v) is 7.99. The van der Waals surface area contributed by atoms with Crippen LogP contribution in [0, 0.1) is 11.3 Å². The molecule has 0 bridgehead atoms. The van der Waals surface area contributed by atoms with Gasteiger partial charge in [0.1, 0.15) is 0 Å². The molecule has 1 amide bonds. The third-order valence-electron chi connectivity index (χ3n) is 6.77. The number of hydrogen-bond donors (Lipinski definition) is 1. The number of carbonyl (C=O) groups excluding carboxylic acids is 1. The zero-order valence-corrected chi connectivity index (χ0v) is 13.6. The summed E-state index contributed by atoms with van der Waals surface area (Å²) in [5.74, 6) is 0.493. The highest BCUT2D eigenvalue weighted by molar-refractivity contribution is 5.81. The van der Waals surface area contributed by atoms with Crippen LogP contribution in [-0.4, -0.2) is 46.3 Å². The lowest BCUT2D eigenvalue weighted by atomic mass is 9.56. The van der Waals surface area contributed by atoms with Gasteiger partial charge in [-0.3, -0.25) is 9.89 Å². The van der Waals surface area contributed by atoms with Crippen molar-refractivity contribution >= 4 is 5.91 Å². The molecule has 4 aliphatic rings. The number of nitrogens with zero attached hydrogens (tertiary/aromatic N) is 2. The highest BCUT2D eigenvalue weighted by Gasteiger charge is 2.61. The average Bonchev–Trinajstić information content (AvgIpc) is 3.14. The zero-order valence-electron chi connectivity index (χ0n) is 13.6. The first-order chi connectivity index (χ1) is 11.3. The molecule has 23 heavy (non-hydrogen) atoms. The summed E-state index contributed by atoms with van der Waals surface area (Å²) < 4.78 is 5.99. The number of fused-ring (bicyclic) bond motifs is 1. The van der Waals surface area contributed by atoms with Crippen LogP contribution >= 0.6 is 0 Å². The van der Waals surface area contributed by atoms with Crippen molar-refractivity contribution in [2.24, 2.45) is 11.3 Å². The number of aryl methyl sites for hydroxylation is 1. The maximum atomic E-state index is 13.1. The van der Waals surface area contributed by atoms with Crippen molar-refractivity contribution in [2.75, 3.05) is 13.2 Å². The zero-order chi connectivity index (χ0) is 15.4. The number of carbonyl (C=O) groups is 1. The highest BCUT2D eigenvalue weighted by atomic mass is 16.5. The van der Waals surface area contributed by atoms with Crippen molar-refractivity contribution in [3.63, 3.8) is 0 Å². The first kappa shape index (κ1) is 14.0. The van der Waals surface area contributed by atoms with Crippen LogP contribution in [0.4, 0.5) is 0 Å². The molecule has 5 nitrogen and oxygen atoms in total. The minimum absolute atomic E-state index is 0.129. The highest BCUT2D eigenvalue weighted by Crippen LogP contribution is 2.56. The predicted octanol–water partition coefficient (Wildman–Crippen LogP) is 2.07. The summed E-state index contributed by atoms with van der Waals surface area (Å²) in [6.07, 6.45) is 11.2. The molecule has 3 fully saturated rings. The normalized spacial score (nSPS) is 34.8. The summed E-state index contributed by atoms with van der Waals surface area (Å²) in [4.78, 5) is 15.3. The van der Waals surface area contributed by atoms with E-state index in [9.17, 15) is 4.79 Å². The molecule has 5 heteroatoms. The number of aromatic amines is 1. The average molecular weight is 315 g/mol. The summed E-state index contributed by atoms with van der Waals surface area (Å²) in [7, 11) is 0. The van der Waals surface area contributed by atoms with Crippen LogP contribution in [0.15, 0.2) is 6.20 Å². The van der Waals surface area contributed by atoms with E-state index in [4.69, 9.17) is 4.74 Å². The van der Waals surface area contributed by atoms with Crippen molar-refractivity contribution in [2.45, 2.75) is 63.5 Å². The van der Waals surface area contributed by atoms with Crippen LogP contribution < -0.4 is 0 Å². The van der Waals surface area contributed by atoms with Gasteiger partial charge in [-0.15, -0.1) is 0 Å². The van der Waals surface area contributed by atoms with Crippen LogP contribution in [0.2, 0.25) is 0 Å². The Morgan fingerprint density at radius 3 is 3.00 bits per heavy atom. The Balaban J connectivity index is 1.34. The van der Waals surface area contributed by atoms with E-state index < -0.39 is 0 Å². The molecule has 1 saturated carbocycles. The first-order valence-electron chi connectivity index (χ1n) is 9.20. The van der Waals surface area contributed by atoms with Crippen LogP contribution in [0.1, 0.15) is 49.8 Å². The van der Waals surface area contributed by atoms with Crippen molar-refractivity contribution in [3.05, 3.63) is 17.5 Å². The number of amides is 1. The maximum absolute atomic E-state index is 13.1. The van der Waals surface area contributed by atoms with Crippen molar-refractivity contribution in [3.8, 4) is 0 Å². The summed E-state index contributed by atoms with van der Waals surface area (Å²) in [5, 5.41) is 7.21. The molecule has 0 radical (unpaired) electrons. The fraction of sp³-hybridized carbons (Fsp3) is 0.778. The van der Waals surface area contributed by atoms with Crippen molar-refractivity contribution in [1.29, 1.82) is 0 Å². The number of nitrogens with one attached hydrogen (secondary N) is 1. The molecular formula is C18H25N3O2. The van der Waals surface area contributed by atoms with Gasteiger partial charge in [0.25, 0.3) is 0 Å². The van der Waals surface area contributed by atoms with Crippen LogP contribution in [0.5, 0.6) is 0 Å². The lowest BCUT2D eigenvalue weighted by Gasteiger charge is -2.64. The van der Waals surface area contributed by atoms with E-state index in [1.165, 1.54) is 30.5 Å². The van der Waals surface area contributed by atoms with Gasteiger partial charge in [-0.05, 0) is 44.1 Å². The summed E-state index contributed by atoms with van der Waals surface area (Å²) >= 11 is 0. The van der Waals surface area contributed by atoms with E-state index in [1.54, 1.807) is 0 Å². The molecule has 1 spiro atoms. The Morgan fingerprint density at radius 1 is 1.35 bits per heavy atom. The molecule has 3 atom stereocenters. The van der Waals surface area contributed by atoms with E-state index in [0.717, 1.165) is 45.3 Å². The molecular weight excluding hydrogens is 290 g/mol. The molecule has 1 N–H and O–H groups in total. The standard InChI is InChI=1S/C18H25N3O2/c22-17(12-4-5-13-10-19-20-14(13)9-12)21-11-18(6-2-7-18)16(21)15-3-1-8-23-15/h10,12,15-16H,1-9,11H2,(H,19,20). The third-order valence-corrected chi connectivity index (χ3v) is 6.77. The molecule has 0 aromatic carbocycles. The molecule has 1 aromatic heterocycles.